The van der Waals surface area contributed by atoms with Crippen LogP contribution in [0, 0.1) is 13.8 Å². The van der Waals surface area contributed by atoms with Crippen molar-refractivity contribution in [1.29, 1.82) is 0 Å². The summed E-state index contributed by atoms with van der Waals surface area (Å²) < 4.78 is 6.38. The van der Waals surface area contributed by atoms with Crippen LogP contribution < -0.4 is 20.9 Å². The van der Waals surface area contributed by atoms with Crippen LogP contribution >= 0.6 is 28.1 Å². The fraction of sp³-hybridized carbons (Fsp3) is 0.150. The molecule has 0 saturated carbocycles. The van der Waals surface area contributed by atoms with Gasteiger partial charge in [-0.1, -0.05) is 45.8 Å². The van der Waals surface area contributed by atoms with E-state index in [0.717, 1.165) is 21.2 Å². The minimum Gasteiger partial charge on any atom is -0.483 e. The highest BCUT2D eigenvalue weighted by molar-refractivity contribution is 9.10. The zero-order valence-corrected chi connectivity index (χ0v) is 17.8. The van der Waals surface area contributed by atoms with E-state index in [0.29, 0.717) is 5.75 Å². The molecule has 0 atom stereocenters. The molecular formula is C20H20BrN3O3S. The van der Waals surface area contributed by atoms with Crippen molar-refractivity contribution in [2.45, 2.75) is 13.8 Å². The Hall–Kier alpha value is -2.71. The third kappa shape index (κ3) is 7.50. The molecule has 2 aromatic carbocycles. The number of carbonyl (C=O) groups excluding carboxylic acids is 2. The largest absolute Gasteiger partial charge is 0.483 e. The van der Waals surface area contributed by atoms with Crippen molar-refractivity contribution in [1.82, 2.24) is 16.2 Å². The zero-order valence-electron chi connectivity index (χ0n) is 15.4. The molecule has 6 nitrogen and oxygen atoms in total. The summed E-state index contributed by atoms with van der Waals surface area (Å²) in [4.78, 5) is 23.7. The molecule has 0 aliphatic heterocycles. The molecule has 0 aromatic heterocycles. The number of amides is 2. The van der Waals surface area contributed by atoms with E-state index in [1.807, 2.05) is 50.2 Å². The van der Waals surface area contributed by atoms with E-state index in [2.05, 4.69) is 32.1 Å². The van der Waals surface area contributed by atoms with Crippen LogP contribution in [0.1, 0.15) is 16.7 Å². The van der Waals surface area contributed by atoms with Crippen LogP contribution in [0.2, 0.25) is 0 Å². The van der Waals surface area contributed by atoms with E-state index in [4.69, 9.17) is 17.0 Å². The number of halogens is 1. The number of rotatable bonds is 5. The smallest absolute Gasteiger partial charge is 0.276 e. The molecule has 0 spiro atoms. The Morgan fingerprint density at radius 2 is 1.82 bits per heavy atom. The SMILES string of the molecule is Cc1ccc(/C=C/C(=O)NC(=S)NNC(=O)COc2ccc(Br)cc2C)cc1. The monoisotopic (exact) mass is 461 g/mol. The number of hydrogen-bond donors (Lipinski definition) is 3. The van der Waals surface area contributed by atoms with Gasteiger partial charge in [0.1, 0.15) is 5.75 Å². The number of carbonyl (C=O) groups is 2. The van der Waals surface area contributed by atoms with Crippen LogP contribution in [0.4, 0.5) is 0 Å². The Bertz CT molecular complexity index is 898. The molecule has 0 heterocycles. The van der Waals surface area contributed by atoms with Gasteiger partial charge in [0.05, 0.1) is 0 Å². The Morgan fingerprint density at radius 3 is 2.50 bits per heavy atom. The molecule has 3 N–H and O–H groups in total. The van der Waals surface area contributed by atoms with Crippen LogP contribution in [0.25, 0.3) is 6.08 Å². The maximum absolute atomic E-state index is 11.8. The number of thiocarbonyl (C=S) groups is 1. The fourth-order valence-corrected chi connectivity index (χ4v) is 2.74. The molecule has 0 fully saturated rings. The molecule has 2 amide bonds. The molecule has 0 bridgehead atoms. The Labute approximate surface area is 177 Å². The van der Waals surface area contributed by atoms with Crippen LogP contribution in [0.5, 0.6) is 5.75 Å². The lowest BCUT2D eigenvalue weighted by molar-refractivity contribution is -0.123. The second-order valence-electron chi connectivity index (χ2n) is 5.93. The molecular weight excluding hydrogens is 442 g/mol. The highest BCUT2D eigenvalue weighted by Gasteiger charge is 2.07. The average Bonchev–Trinajstić information content (AvgIpc) is 2.65. The number of benzene rings is 2. The first-order chi connectivity index (χ1) is 13.3. The van der Waals surface area contributed by atoms with E-state index < -0.39 is 11.8 Å². The highest BCUT2D eigenvalue weighted by atomic mass is 79.9. The summed E-state index contributed by atoms with van der Waals surface area (Å²) in [5.74, 6) is -0.237. The third-order valence-corrected chi connectivity index (χ3v) is 4.25. The maximum Gasteiger partial charge on any atom is 0.276 e. The van der Waals surface area contributed by atoms with Crippen LogP contribution in [-0.2, 0) is 9.59 Å². The van der Waals surface area contributed by atoms with Gasteiger partial charge in [-0.15, -0.1) is 0 Å². The molecule has 0 unspecified atom stereocenters. The topological polar surface area (TPSA) is 79.5 Å². The number of hydrogen-bond acceptors (Lipinski definition) is 4. The summed E-state index contributed by atoms with van der Waals surface area (Å²) in [6.07, 6.45) is 3.03. The second kappa shape index (κ2) is 10.6. The molecule has 0 aliphatic rings. The molecule has 2 aromatic rings. The predicted molar refractivity (Wildman–Crippen MR) is 117 cm³/mol. The number of hydrazine groups is 1. The number of nitrogens with one attached hydrogen (secondary N) is 3. The number of ether oxygens (including phenoxy) is 1. The van der Waals surface area contributed by atoms with Gasteiger partial charge in [-0.3, -0.25) is 25.8 Å². The summed E-state index contributed by atoms with van der Waals surface area (Å²) in [5.41, 5.74) is 7.76. The van der Waals surface area contributed by atoms with Gasteiger partial charge < -0.3 is 4.74 Å². The van der Waals surface area contributed by atoms with Gasteiger partial charge in [0.2, 0.25) is 5.91 Å². The van der Waals surface area contributed by atoms with Crippen LogP contribution in [-0.4, -0.2) is 23.5 Å². The van der Waals surface area contributed by atoms with E-state index in [1.165, 1.54) is 6.08 Å². The van der Waals surface area contributed by atoms with Crippen molar-refractivity contribution in [3.8, 4) is 5.75 Å². The van der Waals surface area contributed by atoms with Gasteiger partial charge in [0.25, 0.3) is 5.91 Å². The van der Waals surface area contributed by atoms with Crippen molar-refractivity contribution in [3.63, 3.8) is 0 Å². The van der Waals surface area contributed by atoms with Gasteiger partial charge in [-0.25, -0.2) is 0 Å². The van der Waals surface area contributed by atoms with Crippen molar-refractivity contribution in [2.24, 2.45) is 0 Å². The summed E-state index contributed by atoms with van der Waals surface area (Å²) in [6.45, 7) is 3.67. The van der Waals surface area contributed by atoms with Crippen molar-refractivity contribution < 1.29 is 14.3 Å². The first-order valence-corrected chi connectivity index (χ1v) is 9.57. The lowest BCUT2D eigenvalue weighted by Crippen LogP contribution is -2.49. The normalized spacial score (nSPS) is 10.4. The summed E-state index contributed by atoms with van der Waals surface area (Å²) in [7, 11) is 0. The zero-order chi connectivity index (χ0) is 20.5. The molecule has 2 rings (SSSR count). The Morgan fingerprint density at radius 1 is 1.11 bits per heavy atom. The highest BCUT2D eigenvalue weighted by Crippen LogP contribution is 2.21. The molecule has 0 aliphatic carbocycles. The van der Waals surface area contributed by atoms with Crippen molar-refractivity contribution >= 4 is 51.2 Å². The van der Waals surface area contributed by atoms with Gasteiger partial charge in [-0.2, -0.15) is 0 Å². The molecule has 8 heteroatoms. The van der Waals surface area contributed by atoms with Gasteiger partial charge in [-0.05, 0) is 61.5 Å². The number of aryl methyl sites for hydroxylation is 2. The molecule has 146 valence electrons. The van der Waals surface area contributed by atoms with Gasteiger partial charge in [0.15, 0.2) is 11.7 Å². The maximum atomic E-state index is 11.8. The predicted octanol–water partition coefficient (Wildman–Crippen LogP) is 3.18. The quantitative estimate of drug-likeness (QED) is 0.362. The van der Waals surface area contributed by atoms with E-state index >= 15 is 0 Å². The Kier molecular flexibility index (Phi) is 8.16. The van der Waals surface area contributed by atoms with E-state index in [1.54, 1.807) is 12.1 Å². The lowest BCUT2D eigenvalue weighted by atomic mass is 10.1. The molecule has 28 heavy (non-hydrogen) atoms. The van der Waals surface area contributed by atoms with E-state index in [9.17, 15) is 9.59 Å². The summed E-state index contributed by atoms with van der Waals surface area (Å²) >= 11 is 8.34. The minimum absolute atomic E-state index is 0.0215. The second-order valence-corrected chi connectivity index (χ2v) is 7.26. The van der Waals surface area contributed by atoms with Crippen molar-refractivity contribution in [2.75, 3.05) is 6.61 Å². The minimum atomic E-state index is -0.436. The van der Waals surface area contributed by atoms with Gasteiger partial charge in [0, 0.05) is 10.5 Å². The third-order valence-electron chi connectivity index (χ3n) is 3.55. The molecule has 0 saturated heterocycles. The van der Waals surface area contributed by atoms with Gasteiger partial charge >= 0.3 is 0 Å². The molecule has 0 radical (unpaired) electrons. The van der Waals surface area contributed by atoms with Crippen LogP contribution in [0.3, 0.4) is 0 Å². The van der Waals surface area contributed by atoms with Crippen LogP contribution in [0.15, 0.2) is 53.0 Å². The average molecular weight is 462 g/mol. The van der Waals surface area contributed by atoms with E-state index in [-0.39, 0.29) is 11.7 Å². The first-order valence-electron chi connectivity index (χ1n) is 8.37. The Balaban J connectivity index is 1.71. The standard InChI is InChI=1S/C20H20BrN3O3S/c1-13-3-5-15(6-4-13)7-10-18(25)22-20(28)24-23-19(26)12-27-17-9-8-16(21)11-14(17)2/h3-11H,12H2,1-2H3,(H,23,26)(H2,22,24,25,28)/b10-7+. The first kappa shape index (κ1) is 21.6. The summed E-state index contributed by atoms with van der Waals surface area (Å²) in [5, 5.41) is 2.42. The van der Waals surface area contributed by atoms with Crippen molar-refractivity contribution in [3.05, 3.63) is 69.7 Å². The summed E-state index contributed by atoms with van der Waals surface area (Å²) in [6, 6.07) is 13.2. The fourth-order valence-electron chi connectivity index (χ4n) is 2.11. The lowest BCUT2D eigenvalue weighted by Gasteiger charge is -2.11.